The number of nitrogens with one attached hydrogen (secondary N) is 1. The summed E-state index contributed by atoms with van der Waals surface area (Å²) >= 11 is 5.23. The second-order valence-electron chi connectivity index (χ2n) is 4.16. The van der Waals surface area contributed by atoms with Gasteiger partial charge in [-0.25, -0.2) is 5.43 Å². The Balaban J connectivity index is 2.38. The molecule has 2 aromatic rings. The van der Waals surface area contributed by atoms with Crippen molar-refractivity contribution in [1.82, 2.24) is 15.2 Å². The summed E-state index contributed by atoms with van der Waals surface area (Å²) in [6, 6.07) is 2.02. The van der Waals surface area contributed by atoms with Crippen LogP contribution >= 0.6 is 27.3 Å². The standard InChI is InChI=1S/C12H17BrN4OS/c1-8-3-6-19-12(8)10(16-14)11-9(13)7-15-17(11)4-5-18-2/h3,6-7,10,16H,4-5,14H2,1-2H3. The molecule has 5 nitrogen and oxygen atoms in total. The predicted molar refractivity (Wildman–Crippen MR) is 80.0 cm³/mol. The molecule has 0 saturated carbocycles. The number of nitrogens with zero attached hydrogens (tertiary/aromatic N) is 2. The predicted octanol–water partition coefficient (Wildman–Crippen LogP) is 2.21. The lowest BCUT2D eigenvalue weighted by Gasteiger charge is -2.18. The number of methoxy groups -OCH3 is 1. The SMILES string of the molecule is COCCn1ncc(Br)c1C(NN)c1sccc1C. The molecule has 0 radical (unpaired) electrons. The molecular weight excluding hydrogens is 328 g/mol. The maximum Gasteiger partial charge on any atom is 0.0984 e. The topological polar surface area (TPSA) is 65.1 Å². The molecule has 0 fully saturated rings. The van der Waals surface area contributed by atoms with Gasteiger partial charge in [-0.3, -0.25) is 10.5 Å². The second kappa shape index (κ2) is 6.62. The minimum Gasteiger partial charge on any atom is -0.383 e. The molecule has 7 heteroatoms. The van der Waals surface area contributed by atoms with Crippen LogP contribution in [-0.4, -0.2) is 23.5 Å². The van der Waals surface area contributed by atoms with E-state index < -0.39 is 0 Å². The largest absolute Gasteiger partial charge is 0.383 e. The molecule has 0 amide bonds. The highest BCUT2D eigenvalue weighted by Gasteiger charge is 2.23. The Morgan fingerprint density at radius 1 is 1.63 bits per heavy atom. The Labute approximate surface area is 124 Å². The van der Waals surface area contributed by atoms with Crippen molar-refractivity contribution in [3.63, 3.8) is 0 Å². The number of nitrogens with two attached hydrogens (primary N) is 1. The number of hydrazine groups is 1. The fourth-order valence-corrected chi connectivity index (χ4v) is 3.49. The average Bonchev–Trinajstić information content (AvgIpc) is 2.97. The van der Waals surface area contributed by atoms with Gasteiger partial charge in [-0.2, -0.15) is 5.10 Å². The minimum absolute atomic E-state index is 0.0752. The van der Waals surface area contributed by atoms with E-state index in [1.807, 2.05) is 4.68 Å². The maximum absolute atomic E-state index is 5.75. The van der Waals surface area contributed by atoms with Crippen molar-refractivity contribution in [3.8, 4) is 0 Å². The van der Waals surface area contributed by atoms with Crippen LogP contribution in [0.3, 0.4) is 0 Å². The van der Waals surface area contributed by atoms with Crippen molar-refractivity contribution >= 4 is 27.3 Å². The van der Waals surface area contributed by atoms with E-state index in [4.69, 9.17) is 10.6 Å². The smallest absolute Gasteiger partial charge is 0.0984 e. The van der Waals surface area contributed by atoms with Crippen LogP contribution in [0.15, 0.2) is 22.1 Å². The lowest BCUT2D eigenvalue weighted by atomic mass is 10.1. The molecule has 19 heavy (non-hydrogen) atoms. The third-order valence-electron chi connectivity index (χ3n) is 2.94. The fraction of sp³-hybridized carbons (Fsp3) is 0.417. The van der Waals surface area contributed by atoms with E-state index >= 15 is 0 Å². The number of ether oxygens (including phenoxy) is 1. The van der Waals surface area contributed by atoms with Crippen LogP contribution in [0.25, 0.3) is 0 Å². The number of aromatic nitrogens is 2. The van der Waals surface area contributed by atoms with Crippen molar-refractivity contribution in [1.29, 1.82) is 0 Å². The van der Waals surface area contributed by atoms with Crippen molar-refractivity contribution in [2.75, 3.05) is 13.7 Å². The lowest BCUT2D eigenvalue weighted by molar-refractivity contribution is 0.182. The van der Waals surface area contributed by atoms with Crippen molar-refractivity contribution in [3.05, 3.63) is 38.3 Å². The van der Waals surface area contributed by atoms with E-state index in [2.05, 4.69) is 44.8 Å². The first-order valence-electron chi connectivity index (χ1n) is 5.89. The summed E-state index contributed by atoms with van der Waals surface area (Å²) in [6.07, 6.45) is 1.79. The number of halogens is 1. The van der Waals surface area contributed by atoms with Gasteiger partial charge in [-0.05, 0) is 39.9 Å². The van der Waals surface area contributed by atoms with Gasteiger partial charge in [0.05, 0.1) is 35.6 Å². The number of thiophene rings is 1. The monoisotopic (exact) mass is 344 g/mol. The molecule has 3 N–H and O–H groups in total. The van der Waals surface area contributed by atoms with Crippen molar-refractivity contribution in [2.24, 2.45) is 5.84 Å². The molecule has 0 bridgehead atoms. The Kier molecular flexibility index (Phi) is 5.12. The van der Waals surface area contributed by atoms with Crippen LogP contribution in [0.2, 0.25) is 0 Å². The van der Waals surface area contributed by atoms with Crippen LogP contribution in [0.1, 0.15) is 22.2 Å². The summed E-state index contributed by atoms with van der Waals surface area (Å²) in [6.45, 7) is 3.39. The normalized spacial score (nSPS) is 12.8. The molecule has 0 spiro atoms. The third kappa shape index (κ3) is 3.06. The molecule has 1 atom stereocenters. The summed E-state index contributed by atoms with van der Waals surface area (Å²) in [5.41, 5.74) is 5.12. The van der Waals surface area contributed by atoms with Gasteiger partial charge in [-0.1, -0.05) is 0 Å². The van der Waals surface area contributed by atoms with Gasteiger partial charge in [0.1, 0.15) is 0 Å². The van der Waals surface area contributed by atoms with Crippen LogP contribution in [0, 0.1) is 6.92 Å². The number of aryl methyl sites for hydroxylation is 1. The lowest BCUT2D eigenvalue weighted by Crippen LogP contribution is -2.31. The number of rotatable bonds is 6. The molecule has 1 unspecified atom stereocenters. The van der Waals surface area contributed by atoms with E-state index in [1.165, 1.54) is 10.4 Å². The molecule has 2 heterocycles. The first kappa shape index (κ1) is 14.7. The molecule has 0 aromatic carbocycles. The van der Waals surface area contributed by atoms with Gasteiger partial charge in [0, 0.05) is 12.0 Å². The first-order valence-corrected chi connectivity index (χ1v) is 7.56. The third-order valence-corrected chi connectivity index (χ3v) is 4.64. The summed E-state index contributed by atoms with van der Waals surface area (Å²) in [4.78, 5) is 1.20. The summed E-state index contributed by atoms with van der Waals surface area (Å²) in [7, 11) is 1.68. The Bertz CT molecular complexity index is 540. The van der Waals surface area contributed by atoms with Gasteiger partial charge in [0.25, 0.3) is 0 Å². The quantitative estimate of drug-likeness (QED) is 0.622. The summed E-state index contributed by atoms with van der Waals surface area (Å²) in [5, 5.41) is 6.43. The Morgan fingerprint density at radius 2 is 2.42 bits per heavy atom. The average molecular weight is 345 g/mol. The van der Waals surface area contributed by atoms with Crippen molar-refractivity contribution < 1.29 is 4.74 Å². The van der Waals surface area contributed by atoms with Gasteiger partial charge >= 0.3 is 0 Å². The van der Waals surface area contributed by atoms with E-state index in [1.54, 1.807) is 24.6 Å². The molecule has 0 aliphatic rings. The molecule has 0 aliphatic heterocycles. The highest BCUT2D eigenvalue weighted by molar-refractivity contribution is 9.10. The molecule has 2 rings (SSSR count). The van der Waals surface area contributed by atoms with Gasteiger partial charge in [-0.15, -0.1) is 11.3 Å². The zero-order valence-corrected chi connectivity index (χ0v) is 13.3. The maximum atomic E-state index is 5.75. The highest BCUT2D eigenvalue weighted by Crippen LogP contribution is 2.32. The summed E-state index contributed by atoms with van der Waals surface area (Å²) in [5.74, 6) is 5.75. The Morgan fingerprint density at radius 3 is 3.00 bits per heavy atom. The molecule has 2 aromatic heterocycles. The molecular formula is C12H17BrN4OS. The molecule has 0 aliphatic carbocycles. The second-order valence-corrected chi connectivity index (χ2v) is 5.96. The van der Waals surface area contributed by atoms with E-state index in [9.17, 15) is 0 Å². The van der Waals surface area contributed by atoms with Crippen LogP contribution < -0.4 is 11.3 Å². The molecule has 104 valence electrons. The van der Waals surface area contributed by atoms with Crippen LogP contribution in [0.4, 0.5) is 0 Å². The minimum atomic E-state index is -0.0752. The van der Waals surface area contributed by atoms with E-state index in [0.717, 1.165) is 10.2 Å². The van der Waals surface area contributed by atoms with Gasteiger partial charge in [0.2, 0.25) is 0 Å². The number of hydrogen-bond donors (Lipinski definition) is 2. The van der Waals surface area contributed by atoms with Gasteiger partial charge in [0.15, 0.2) is 0 Å². The summed E-state index contributed by atoms with van der Waals surface area (Å²) < 4.78 is 7.97. The van der Waals surface area contributed by atoms with Crippen molar-refractivity contribution in [2.45, 2.75) is 19.5 Å². The Hall–Kier alpha value is -0.730. The molecule has 0 saturated heterocycles. The van der Waals surface area contributed by atoms with Crippen LogP contribution in [-0.2, 0) is 11.3 Å². The number of hydrogen-bond acceptors (Lipinski definition) is 5. The van der Waals surface area contributed by atoms with Crippen LogP contribution in [0.5, 0.6) is 0 Å². The van der Waals surface area contributed by atoms with E-state index in [0.29, 0.717) is 13.2 Å². The zero-order valence-electron chi connectivity index (χ0n) is 10.9. The van der Waals surface area contributed by atoms with E-state index in [-0.39, 0.29) is 6.04 Å². The van der Waals surface area contributed by atoms with Gasteiger partial charge < -0.3 is 4.74 Å². The first-order chi connectivity index (χ1) is 9.19. The fourth-order valence-electron chi connectivity index (χ4n) is 1.97. The zero-order chi connectivity index (χ0) is 13.8. The highest BCUT2D eigenvalue weighted by atomic mass is 79.9.